The molecule has 1 aromatic carbocycles. The van der Waals surface area contributed by atoms with Gasteiger partial charge in [-0.15, -0.1) is 0 Å². The molecule has 5 nitrogen and oxygen atoms in total. The Bertz CT molecular complexity index is 653. The van der Waals surface area contributed by atoms with E-state index in [0.717, 1.165) is 13.0 Å². The Morgan fingerprint density at radius 3 is 2.58 bits per heavy atom. The van der Waals surface area contributed by atoms with E-state index in [-0.39, 0.29) is 11.9 Å². The lowest BCUT2D eigenvalue weighted by Crippen LogP contribution is -2.29. The number of amides is 1. The molecule has 0 spiro atoms. The number of hydrogen-bond donors (Lipinski definition) is 1. The van der Waals surface area contributed by atoms with Gasteiger partial charge < -0.3 is 10.1 Å². The normalized spacial score (nSPS) is 10.6. The number of anilines is 1. The monoisotopic (exact) mass is 346 g/mol. The lowest BCUT2D eigenvalue weighted by molar-refractivity contribution is -0.117. The minimum Gasteiger partial charge on any atom is -0.462 e. The van der Waals surface area contributed by atoms with Crippen molar-refractivity contribution < 1.29 is 14.3 Å². The topological polar surface area (TPSA) is 58.6 Å². The zero-order valence-electron chi connectivity index (χ0n) is 14.0. The number of ether oxygens (including phenoxy) is 1. The zero-order chi connectivity index (χ0) is 17.4. The number of rotatable bonds is 8. The van der Waals surface area contributed by atoms with E-state index in [1.54, 1.807) is 35.6 Å². The molecule has 0 atom stereocenters. The van der Waals surface area contributed by atoms with Crippen molar-refractivity contribution in [1.82, 2.24) is 4.90 Å². The van der Waals surface area contributed by atoms with Crippen molar-refractivity contribution in [1.29, 1.82) is 0 Å². The van der Waals surface area contributed by atoms with Crippen LogP contribution in [0.2, 0.25) is 0 Å². The highest BCUT2D eigenvalue weighted by Gasteiger charge is 2.10. The van der Waals surface area contributed by atoms with Gasteiger partial charge in [-0.3, -0.25) is 9.69 Å². The molecule has 2 aromatic rings. The number of carbonyl (C=O) groups is 2. The summed E-state index contributed by atoms with van der Waals surface area (Å²) >= 11 is 1.65. The molecule has 0 unspecified atom stereocenters. The van der Waals surface area contributed by atoms with Gasteiger partial charge in [-0.1, -0.05) is 6.92 Å². The molecular weight excluding hydrogens is 324 g/mol. The third-order valence-electron chi connectivity index (χ3n) is 3.29. The van der Waals surface area contributed by atoms with Crippen molar-refractivity contribution in [2.24, 2.45) is 0 Å². The molecule has 0 bridgehead atoms. The zero-order valence-corrected chi connectivity index (χ0v) is 14.8. The summed E-state index contributed by atoms with van der Waals surface area (Å²) in [6, 6.07) is 8.78. The van der Waals surface area contributed by atoms with Crippen LogP contribution in [0, 0.1) is 0 Å². The Morgan fingerprint density at radius 2 is 1.96 bits per heavy atom. The summed E-state index contributed by atoms with van der Waals surface area (Å²) in [5.41, 5.74) is 2.34. The van der Waals surface area contributed by atoms with Crippen LogP contribution in [0.1, 0.15) is 29.3 Å². The van der Waals surface area contributed by atoms with Gasteiger partial charge in [-0.25, -0.2) is 4.79 Å². The van der Waals surface area contributed by atoms with Gasteiger partial charge in [0, 0.05) is 12.2 Å². The number of esters is 1. The van der Waals surface area contributed by atoms with Gasteiger partial charge in [0.2, 0.25) is 5.91 Å². The fourth-order valence-corrected chi connectivity index (χ4v) is 2.82. The van der Waals surface area contributed by atoms with Crippen molar-refractivity contribution in [2.45, 2.75) is 19.9 Å². The average Bonchev–Trinajstić information content (AvgIpc) is 3.05. The number of carbonyl (C=O) groups excluding carboxylic acids is 2. The second kappa shape index (κ2) is 9.20. The molecule has 24 heavy (non-hydrogen) atoms. The fraction of sp³-hybridized carbons (Fsp3) is 0.333. The lowest BCUT2D eigenvalue weighted by Gasteiger charge is -2.15. The molecule has 128 valence electrons. The van der Waals surface area contributed by atoms with Crippen LogP contribution >= 0.6 is 11.3 Å². The summed E-state index contributed by atoms with van der Waals surface area (Å²) in [7, 11) is 1.91. The molecule has 6 heteroatoms. The number of hydrogen-bond acceptors (Lipinski definition) is 5. The van der Waals surface area contributed by atoms with E-state index in [2.05, 4.69) is 16.8 Å². The lowest BCUT2D eigenvalue weighted by atomic mass is 10.2. The SMILES string of the molecule is CCCOC(=O)c1ccc(NC(=O)CN(C)Cc2ccsc2)cc1. The van der Waals surface area contributed by atoms with E-state index in [9.17, 15) is 9.59 Å². The molecule has 0 aliphatic heterocycles. The maximum atomic E-state index is 12.1. The standard InChI is InChI=1S/C18H22N2O3S/c1-3-9-23-18(22)15-4-6-16(7-5-15)19-17(21)12-20(2)11-14-8-10-24-13-14/h4-8,10,13H,3,9,11-12H2,1-2H3,(H,19,21). The second-order valence-corrected chi connectivity index (χ2v) is 6.35. The Hall–Kier alpha value is -2.18. The van der Waals surface area contributed by atoms with Crippen LogP contribution in [0.4, 0.5) is 5.69 Å². The van der Waals surface area contributed by atoms with Crippen LogP contribution in [0.15, 0.2) is 41.1 Å². The maximum absolute atomic E-state index is 12.1. The van der Waals surface area contributed by atoms with Crippen LogP contribution in [-0.2, 0) is 16.1 Å². The predicted molar refractivity (Wildman–Crippen MR) is 96.3 cm³/mol. The summed E-state index contributed by atoms with van der Waals surface area (Å²) in [6.07, 6.45) is 0.790. The van der Waals surface area contributed by atoms with Crippen LogP contribution < -0.4 is 5.32 Å². The van der Waals surface area contributed by atoms with E-state index >= 15 is 0 Å². The van der Waals surface area contributed by atoms with Gasteiger partial charge in [-0.05, 0) is 60.1 Å². The van der Waals surface area contributed by atoms with Gasteiger partial charge in [0.05, 0.1) is 18.7 Å². The molecular formula is C18H22N2O3S. The Balaban J connectivity index is 1.82. The minimum absolute atomic E-state index is 0.0889. The van der Waals surface area contributed by atoms with E-state index in [1.807, 2.05) is 24.3 Å². The van der Waals surface area contributed by atoms with Crippen LogP contribution in [0.5, 0.6) is 0 Å². The highest BCUT2D eigenvalue weighted by atomic mass is 32.1. The number of likely N-dealkylation sites (N-methyl/N-ethyl adjacent to an activating group) is 1. The first-order chi connectivity index (χ1) is 11.6. The third-order valence-corrected chi connectivity index (χ3v) is 4.02. The molecule has 0 saturated heterocycles. The molecule has 0 radical (unpaired) electrons. The first kappa shape index (κ1) is 18.2. The van der Waals surface area contributed by atoms with Crippen molar-refractivity contribution in [3.63, 3.8) is 0 Å². The van der Waals surface area contributed by atoms with Crippen molar-refractivity contribution in [2.75, 3.05) is 25.5 Å². The highest BCUT2D eigenvalue weighted by Crippen LogP contribution is 2.12. The van der Waals surface area contributed by atoms with Crippen LogP contribution in [0.3, 0.4) is 0 Å². The Morgan fingerprint density at radius 1 is 1.21 bits per heavy atom. The predicted octanol–water partition coefficient (Wildman–Crippen LogP) is 3.39. The molecule has 1 amide bonds. The summed E-state index contributed by atoms with van der Waals surface area (Å²) in [5, 5.41) is 6.93. The minimum atomic E-state index is -0.342. The van der Waals surface area contributed by atoms with Crippen molar-refractivity contribution >= 4 is 28.9 Å². The van der Waals surface area contributed by atoms with Crippen LogP contribution in [-0.4, -0.2) is 37.0 Å². The molecule has 0 fully saturated rings. The number of nitrogens with one attached hydrogen (secondary N) is 1. The van der Waals surface area contributed by atoms with Gasteiger partial charge in [0.1, 0.15) is 0 Å². The average molecular weight is 346 g/mol. The summed E-state index contributed by atoms with van der Waals surface area (Å²) in [6.45, 7) is 3.39. The van der Waals surface area contributed by atoms with E-state index in [4.69, 9.17) is 4.74 Å². The van der Waals surface area contributed by atoms with Gasteiger partial charge in [0.25, 0.3) is 0 Å². The van der Waals surface area contributed by atoms with Crippen molar-refractivity contribution in [3.05, 3.63) is 52.2 Å². The van der Waals surface area contributed by atoms with E-state index < -0.39 is 0 Å². The van der Waals surface area contributed by atoms with Gasteiger partial charge in [-0.2, -0.15) is 11.3 Å². The smallest absolute Gasteiger partial charge is 0.338 e. The quantitative estimate of drug-likeness (QED) is 0.745. The molecule has 2 rings (SSSR count). The first-order valence-corrected chi connectivity index (χ1v) is 8.79. The number of benzene rings is 1. The molecule has 1 N–H and O–H groups in total. The molecule has 0 saturated carbocycles. The van der Waals surface area contributed by atoms with E-state index in [1.165, 1.54) is 5.56 Å². The van der Waals surface area contributed by atoms with E-state index in [0.29, 0.717) is 24.4 Å². The van der Waals surface area contributed by atoms with Crippen LogP contribution in [0.25, 0.3) is 0 Å². The summed E-state index contributed by atoms with van der Waals surface area (Å²) in [4.78, 5) is 25.7. The van der Waals surface area contributed by atoms with Gasteiger partial charge in [0.15, 0.2) is 0 Å². The molecule has 1 aromatic heterocycles. The Labute approximate surface area is 146 Å². The fourth-order valence-electron chi connectivity index (χ4n) is 2.16. The number of nitrogens with zero attached hydrogens (tertiary/aromatic N) is 1. The first-order valence-electron chi connectivity index (χ1n) is 7.85. The summed E-state index contributed by atoms with van der Waals surface area (Å²) < 4.78 is 5.07. The highest BCUT2D eigenvalue weighted by molar-refractivity contribution is 7.07. The third kappa shape index (κ3) is 5.79. The second-order valence-electron chi connectivity index (χ2n) is 5.57. The number of thiophene rings is 1. The Kier molecular flexibility index (Phi) is 6.96. The maximum Gasteiger partial charge on any atom is 0.338 e. The van der Waals surface area contributed by atoms with Gasteiger partial charge >= 0.3 is 5.97 Å². The molecule has 0 aliphatic rings. The molecule has 1 heterocycles. The largest absolute Gasteiger partial charge is 0.462 e. The molecule has 0 aliphatic carbocycles. The van der Waals surface area contributed by atoms with Crippen molar-refractivity contribution in [3.8, 4) is 0 Å². The summed E-state index contributed by atoms with van der Waals surface area (Å²) in [5.74, 6) is -0.431.